The minimum atomic E-state index is -3.77. The van der Waals surface area contributed by atoms with Crippen molar-refractivity contribution in [2.24, 2.45) is 0 Å². The number of halogens is 1. The topological polar surface area (TPSA) is 86.8 Å². The van der Waals surface area contributed by atoms with Crippen molar-refractivity contribution in [1.82, 2.24) is 9.21 Å². The average molecular weight is 464 g/mol. The van der Waals surface area contributed by atoms with Crippen LogP contribution in [-0.4, -0.2) is 56.1 Å². The number of carbonyl (C=O) groups is 2. The van der Waals surface area contributed by atoms with Crippen LogP contribution < -0.4 is 5.32 Å². The fraction of sp³-hybridized carbons (Fsp3) is 0.364. The first-order valence-corrected chi connectivity index (χ1v) is 12.0. The first-order valence-electron chi connectivity index (χ1n) is 10.2. The van der Waals surface area contributed by atoms with Crippen molar-refractivity contribution in [1.29, 1.82) is 0 Å². The van der Waals surface area contributed by atoms with Crippen LogP contribution in [0.2, 0.25) is 5.02 Å². The summed E-state index contributed by atoms with van der Waals surface area (Å²) in [7, 11) is -2.27. The summed E-state index contributed by atoms with van der Waals surface area (Å²) in [4.78, 5) is 26.5. The smallest absolute Gasteiger partial charge is 0.254 e. The molecule has 1 aliphatic heterocycles. The van der Waals surface area contributed by atoms with Gasteiger partial charge in [0, 0.05) is 31.4 Å². The molecule has 0 bridgehead atoms. The van der Waals surface area contributed by atoms with E-state index in [0.29, 0.717) is 18.8 Å². The number of sulfonamides is 1. The summed E-state index contributed by atoms with van der Waals surface area (Å²) in [5.74, 6) is -0.802. The summed E-state index contributed by atoms with van der Waals surface area (Å²) in [5.41, 5.74) is 1.87. The summed E-state index contributed by atoms with van der Waals surface area (Å²) in [6.45, 7) is 2.70. The van der Waals surface area contributed by atoms with Gasteiger partial charge in [-0.05, 0) is 49.1 Å². The Bertz CT molecular complexity index is 1080. The Morgan fingerprint density at radius 1 is 1.13 bits per heavy atom. The number of para-hydroxylation sites is 1. The second-order valence-electron chi connectivity index (χ2n) is 7.48. The van der Waals surface area contributed by atoms with Crippen molar-refractivity contribution >= 4 is 39.1 Å². The Balaban J connectivity index is 1.74. The van der Waals surface area contributed by atoms with E-state index in [9.17, 15) is 18.0 Å². The summed E-state index contributed by atoms with van der Waals surface area (Å²) < 4.78 is 27.2. The van der Waals surface area contributed by atoms with Crippen LogP contribution in [0.5, 0.6) is 0 Å². The molecule has 0 unspecified atom stereocenters. The highest BCUT2D eigenvalue weighted by molar-refractivity contribution is 7.89. The van der Waals surface area contributed by atoms with Crippen molar-refractivity contribution in [3.63, 3.8) is 0 Å². The van der Waals surface area contributed by atoms with E-state index < -0.39 is 15.9 Å². The van der Waals surface area contributed by atoms with E-state index in [1.54, 1.807) is 0 Å². The van der Waals surface area contributed by atoms with Crippen LogP contribution in [0.3, 0.4) is 0 Å². The SMILES string of the molecule is CCc1ccccc1NC(=O)CN(C)C(=O)c1ccc(Cl)c(S(=O)(=O)N2CCCC2)c1. The normalized spacial score (nSPS) is 14.4. The molecule has 9 heteroatoms. The summed E-state index contributed by atoms with van der Waals surface area (Å²) in [6.07, 6.45) is 2.37. The van der Waals surface area contributed by atoms with Crippen LogP contribution in [0.15, 0.2) is 47.4 Å². The predicted octanol–water partition coefficient (Wildman–Crippen LogP) is 3.40. The number of hydrogen-bond donors (Lipinski definition) is 1. The number of nitrogens with one attached hydrogen (secondary N) is 1. The number of nitrogens with zero attached hydrogens (tertiary/aromatic N) is 2. The lowest BCUT2D eigenvalue weighted by molar-refractivity contribution is -0.116. The van der Waals surface area contributed by atoms with Crippen molar-refractivity contribution in [3.8, 4) is 0 Å². The Hall–Kier alpha value is -2.42. The fourth-order valence-electron chi connectivity index (χ4n) is 3.55. The van der Waals surface area contributed by atoms with Crippen LogP contribution in [0.25, 0.3) is 0 Å². The Morgan fingerprint density at radius 2 is 1.81 bits per heavy atom. The molecule has 1 aliphatic rings. The lowest BCUT2D eigenvalue weighted by Crippen LogP contribution is -2.35. The number of rotatable bonds is 7. The van der Waals surface area contributed by atoms with Crippen molar-refractivity contribution < 1.29 is 18.0 Å². The molecule has 1 heterocycles. The van der Waals surface area contributed by atoms with Gasteiger partial charge in [-0.2, -0.15) is 4.31 Å². The zero-order valence-corrected chi connectivity index (χ0v) is 19.2. The van der Waals surface area contributed by atoms with E-state index >= 15 is 0 Å². The zero-order valence-electron chi connectivity index (χ0n) is 17.6. The molecule has 0 radical (unpaired) electrons. The summed E-state index contributed by atoms with van der Waals surface area (Å²) >= 11 is 6.15. The van der Waals surface area contributed by atoms with Gasteiger partial charge in [-0.3, -0.25) is 9.59 Å². The number of aryl methyl sites for hydroxylation is 1. The van der Waals surface area contributed by atoms with Crippen LogP contribution >= 0.6 is 11.6 Å². The molecule has 2 aromatic carbocycles. The molecule has 0 spiro atoms. The van der Waals surface area contributed by atoms with Gasteiger partial charge < -0.3 is 10.2 Å². The maximum Gasteiger partial charge on any atom is 0.254 e. The molecule has 1 fully saturated rings. The lowest BCUT2D eigenvalue weighted by Gasteiger charge is -2.20. The van der Waals surface area contributed by atoms with Crippen LogP contribution in [0.4, 0.5) is 5.69 Å². The zero-order chi connectivity index (χ0) is 22.6. The molecule has 0 saturated carbocycles. The monoisotopic (exact) mass is 463 g/mol. The van der Waals surface area contributed by atoms with Gasteiger partial charge in [0.15, 0.2) is 0 Å². The molecule has 0 atom stereocenters. The molecule has 2 aromatic rings. The summed E-state index contributed by atoms with van der Waals surface area (Å²) in [6, 6.07) is 11.6. The van der Waals surface area contributed by atoms with Crippen molar-refractivity contribution in [3.05, 3.63) is 58.6 Å². The van der Waals surface area contributed by atoms with Crippen molar-refractivity contribution in [2.45, 2.75) is 31.1 Å². The van der Waals surface area contributed by atoms with Crippen LogP contribution in [-0.2, 0) is 21.2 Å². The molecule has 1 N–H and O–H groups in total. The maximum absolute atomic E-state index is 12.9. The summed E-state index contributed by atoms with van der Waals surface area (Å²) in [5, 5.41) is 2.89. The molecular formula is C22H26ClN3O4S. The standard InChI is InChI=1S/C22H26ClN3O4S/c1-3-16-8-4-5-9-19(16)24-21(27)15-25(2)22(28)17-10-11-18(23)20(14-17)31(29,30)26-12-6-7-13-26/h4-5,8-11,14H,3,6-7,12-13,15H2,1-2H3,(H,24,27). The van der Waals surface area contributed by atoms with E-state index in [-0.39, 0.29) is 27.9 Å². The first-order chi connectivity index (χ1) is 14.7. The minimum Gasteiger partial charge on any atom is -0.332 e. The molecule has 1 saturated heterocycles. The van der Waals surface area contributed by atoms with Crippen molar-refractivity contribution in [2.75, 3.05) is 32.0 Å². The number of likely N-dealkylation sites (N-methyl/N-ethyl adjacent to an activating group) is 1. The molecule has 3 rings (SSSR count). The van der Waals surface area contributed by atoms with E-state index in [0.717, 1.165) is 24.8 Å². The highest BCUT2D eigenvalue weighted by Gasteiger charge is 2.30. The average Bonchev–Trinajstić information content (AvgIpc) is 3.29. The Kier molecular flexibility index (Phi) is 7.35. The van der Waals surface area contributed by atoms with Gasteiger partial charge in [-0.1, -0.05) is 36.7 Å². The van der Waals surface area contributed by atoms with E-state index in [1.807, 2.05) is 31.2 Å². The second-order valence-corrected chi connectivity index (χ2v) is 9.79. The van der Waals surface area contributed by atoms with Gasteiger partial charge in [0.1, 0.15) is 4.90 Å². The highest BCUT2D eigenvalue weighted by atomic mass is 35.5. The third-order valence-corrected chi connectivity index (χ3v) is 7.64. The molecule has 0 aromatic heterocycles. The van der Waals surface area contributed by atoms with E-state index in [1.165, 1.54) is 34.5 Å². The number of anilines is 1. The van der Waals surface area contributed by atoms with Crippen LogP contribution in [0.1, 0.15) is 35.7 Å². The van der Waals surface area contributed by atoms with Gasteiger partial charge >= 0.3 is 0 Å². The molecule has 166 valence electrons. The van der Waals surface area contributed by atoms with E-state index in [4.69, 9.17) is 11.6 Å². The number of benzene rings is 2. The first kappa shape index (κ1) is 23.2. The second kappa shape index (κ2) is 9.80. The highest BCUT2D eigenvalue weighted by Crippen LogP contribution is 2.28. The number of carbonyl (C=O) groups excluding carboxylic acids is 2. The van der Waals surface area contributed by atoms with Gasteiger partial charge in [-0.15, -0.1) is 0 Å². The van der Waals surface area contributed by atoms with Gasteiger partial charge in [-0.25, -0.2) is 8.42 Å². The Labute approximate surface area is 188 Å². The van der Waals surface area contributed by atoms with Crippen LogP contribution in [0, 0.1) is 0 Å². The lowest BCUT2D eigenvalue weighted by atomic mass is 10.1. The van der Waals surface area contributed by atoms with Gasteiger partial charge in [0.05, 0.1) is 11.6 Å². The molecule has 7 nitrogen and oxygen atoms in total. The largest absolute Gasteiger partial charge is 0.332 e. The molecule has 31 heavy (non-hydrogen) atoms. The quantitative estimate of drug-likeness (QED) is 0.681. The third-order valence-electron chi connectivity index (χ3n) is 5.26. The fourth-order valence-corrected chi connectivity index (χ4v) is 5.57. The molecule has 2 amide bonds. The number of hydrogen-bond acceptors (Lipinski definition) is 4. The molecule has 0 aliphatic carbocycles. The van der Waals surface area contributed by atoms with E-state index in [2.05, 4.69) is 5.32 Å². The predicted molar refractivity (Wildman–Crippen MR) is 121 cm³/mol. The molecular weight excluding hydrogens is 438 g/mol. The van der Waals surface area contributed by atoms with Gasteiger partial charge in [0.2, 0.25) is 15.9 Å². The minimum absolute atomic E-state index is 0.0695. The van der Waals surface area contributed by atoms with Gasteiger partial charge in [0.25, 0.3) is 5.91 Å². The maximum atomic E-state index is 12.9. The Morgan fingerprint density at radius 3 is 2.48 bits per heavy atom. The number of amides is 2. The third kappa shape index (κ3) is 5.26.